The molecule has 1 aliphatic carbocycles. The second-order valence-electron chi connectivity index (χ2n) is 29.9. The first-order valence-electron chi connectivity index (χ1n) is 37.0. The van der Waals surface area contributed by atoms with E-state index in [-0.39, 0.29) is 47.7 Å². The van der Waals surface area contributed by atoms with Crippen molar-refractivity contribution < 1.29 is 33.8 Å². The number of carboxylic acid groups (broad SMARTS) is 1. The molecular formula is C89H86Br5N9O7. The molecule has 5 aliphatic heterocycles. The first-order chi connectivity index (χ1) is 52.9. The van der Waals surface area contributed by atoms with Crippen molar-refractivity contribution in [2.24, 2.45) is 0 Å². The molecule has 16 nitrogen and oxygen atoms in total. The Morgan fingerprint density at radius 3 is 1.15 bits per heavy atom. The highest BCUT2D eigenvalue weighted by molar-refractivity contribution is 9.11. The first kappa shape index (κ1) is 79.0. The fourth-order valence-electron chi connectivity index (χ4n) is 16.0. The number of carbonyl (C=O) groups excluding carboxylic acids is 3. The molecule has 6 aliphatic rings. The number of rotatable bonds is 11. The molecule has 4 unspecified atom stereocenters. The Hall–Kier alpha value is -9.12. The standard InChI is InChI=1S/C22H20BrN3O.C22H21BrN2O2.C18H13BrN2O2.C16H11BrN2.C6H11BrO2.C5H10/c23-17-9-7-16(8-10-17)22(15-20(27)25-12-3-4-13-25)19-6-2-1-5-18(19)21-24-11-14-26(21)22;1-21(2,3)27-19(26)14-22(15-8-10-16(23)11-9-15)18-7-5-4-6-17(18)20-24-12-13-25(20)22;19-13-7-5-12(6-8-13)18(11-16(22)23)15-4-2-1-3-14(15)17-20-9-10-21(17)18;17-12-7-5-11(6-8-12)15-13-3-1-2-4-14(13)16-18-9-10-19(15)16;1-6(2,3)9-5(8)4-7;1-2-4-5-3-1/h1-2,5-11,14H,3-4,12-13,15H2;4-13H,14H2,1-3H3;1-10H,11H2,(H,22,23);1-10,15H;4H2,1-3H3;1-5H2. The van der Waals surface area contributed by atoms with Crippen LogP contribution in [0.25, 0.3) is 45.6 Å². The quantitative estimate of drug-likeness (QED) is 0.0961. The van der Waals surface area contributed by atoms with E-state index in [4.69, 9.17) is 9.47 Å². The van der Waals surface area contributed by atoms with Gasteiger partial charge in [-0.1, -0.05) is 257 Å². The summed E-state index contributed by atoms with van der Waals surface area (Å²) in [5.74, 6) is 2.59. The van der Waals surface area contributed by atoms with Crippen molar-refractivity contribution in [1.82, 2.24) is 43.1 Å². The minimum atomic E-state index is -0.843. The number of nitrogens with zero attached hydrogens (tertiary/aromatic N) is 9. The SMILES string of the molecule is Brc1ccc(C2c3ccccc3-c3nccn32)cc1.C1CCCC1.CC(C)(C)OC(=O)CBr.CC(C)(C)OC(=O)CC1(c2ccc(Br)cc2)c2ccccc2-c2nccn21.O=C(CC1(c2ccc(Br)cc2)c2ccccc2-c2nccn21)N1CCCC1.O=C(O)CC1(c2ccc(Br)cc2)c2ccccc2-c2nccn21. The van der Waals surface area contributed by atoms with Gasteiger partial charge in [0.05, 0.1) is 25.3 Å². The number of ether oxygens (including phenoxy) is 2. The molecule has 4 atom stereocenters. The average molecular weight is 1790 g/mol. The monoisotopic (exact) mass is 1790 g/mol. The maximum Gasteiger partial charge on any atom is 0.317 e. The summed E-state index contributed by atoms with van der Waals surface area (Å²) in [6.45, 7) is 12.9. The number of fused-ring (bicyclic) bond motifs is 12. The van der Waals surface area contributed by atoms with E-state index in [1.807, 2.05) is 161 Å². The minimum absolute atomic E-state index is 0.0327. The van der Waals surface area contributed by atoms with Gasteiger partial charge in [0, 0.05) is 103 Å². The van der Waals surface area contributed by atoms with Gasteiger partial charge in [0.1, 0.15) is 56.4 Å². The molecule has 1 saturated heterocycles. The molecular weight excluding hydrogens is 1710 g/mol. The third-order valence-electron chi connectivity index (χ3n) is 20.5. The van der Waals surface area contributed by atoms with Crippen LogP contribution < -0.4 is 0 Å². The molecule has 1 N–H and O–H groups in total. The predicted octanol–water partition coefficient (Wildman–Crippen LogP) is 21.4. The van der Waals surface area contributed by atoms with Gasteiger partial charge in [-0.3, -0.25) is 19.2 Å². The molecule has 110 heavy (non-hydrogen) atoms. The zero-order chi connectivity index (χ0) is 77.5. The van der Waals surface area contributed by atoms with Gasteiger partial charge in [-0.2, -0.15) is 0 Å². The van der Waals surface area contributed by atoms with Gasteiger partial charge in [-0.25, -0.2) is 19.9 Å². The van der Waals surface area contributed by atoms with E-state index < -0.39 is 28.2 Å². The number of carbonyl (C=O) groups is 4. The van der Waals surface area contributed by atoms with Crippen LogP contribution in [0.5, 0.6) is 0 Å². The van der Waals surface area contributed by atoms with E-state index in [0.717, 1.165) is 117 Å². The van der Waals surface area contributed by atoms with Crippen LogP contribution in [0.3, 0.4) is 0 Å². The molecule has 8 aromatic carbocycles. The molecule has 564 valence electrons. The average Bonchev–Trinajstić information content (AvgIpc) is 1.56. The van der Waals surface area contributed by atoms with E-state index in [9.17, 15) is 24.3 Å². The number of aromatic nitrogens is 8. The van der Waals surface area contributed by atoms with Gasteiger partial charge < -0.3 is 37.7 Å². The summed E-state index contributed by atoms with van der Waals surface area (Å²) in [5, 5.41) is 9.87. The molecule has 2 fully saturated rings. The summed E-state index contributed by atoms with van der Waals surface area (Å²) in [5.41, 5.74) is 10.4. The van der Waals surface area contributed by atoms with E-state index in [1.165, 1.54) is 48.8 Å². The van der Waals surface area contributed by atoms with Crippen LogP contribution in [0.1, 0.15) is 156 Å². The van der Waals surface area contributed by atoms with Gasteiger partial charge in [-0.05, 0) is 147 Å². The Labute approximate surface area is 684 Å². The van der Waals surface area contributed by atoms with Crippen molar-refractivity contribution in [3.8, 4) is 45.6 Å². The highest BCUT2D eigenvalue weighted by Crippen LogP contribution is 2.53. The Balaban J connectivity index is 0.000000122. The number of carboxylic acids is 1. The van der Waals surface area contributed by atoms with Crippen molar-refractivity contribution in [2.75, 3.05) is 18.4 Å². The lowest BCUT2D eigenvalue weighted by molar-refractivity contribution is -0.156. The summed E-state index contributed by atoms with van der Waals surface area (Å²) in [4.78, 5) is 68.6. The van der Waals surface area contributed by atoms with Crippen LogP contribution in [-0.4, -0.2) is 102 Å². The number of hydrogen-bond acceptors (Lipinski definition) is 10. The number of hydrogen-bond donors (Lipinski definition) is 1. The summed E-state index contributed by atoms with van der Waals surface area (Å²) in [6, 6.07) is 65.9. The highest BCUT2D eigenvalue weighted by atomic mass is 79.9. The van der Waals surface area contributed by atoms with Gasteiger partial charge in [0.2, 0.25) is 5.91 Å². The van der Waals surface area contributed by atoms with Gasteiger partial charge >= 0.3 is 17.9 Å². The number of esters is 2. The maximum atomic E-state index is 13.3. The lowest BCUT2D eigenvalue weighted by atomic mass is 9.79. The van der Waals surface area contributed by atoms with Crippen molar-refractivity contribution in [3.05, 3.63) is 306 Å². The van der Waals surface area contributed by atoms with Crippen molar-refractivity contribution in [2.45, 2.75) is 140 Å². The number of likely N-dealkylation sites (tertiary alicyclic amines) is 1. The molecule has 18 rings (SSSR count). The van der Waals surface area contributed by atoms with Crippen LogP contribution in [0.2, 0.25) is 0 Å². The first-order valence-corrected chi connectivity index (χ1v) is 41.3. The third kappa shape index (κ3) is 16.5. The number of amides is 1. The van der Waals surface area contributed by atoms with Crippen LogP contribution in [0, 0.1) is 0 Å². The molecule has 12 aromatic rings. The van der Waals surface area contributed by atoms with Gasteiger partial charge in [0.25, 0.3) is 0 Å². The van der Waals surface area contributed by atoms with E-state index >= 15 is 0 Å². The molecule has 21 heteroatoms. The topological polar surface area (TPSA) is 181 Å². The van der Waals surface area contributed by atoms with Crippen molar-refractivity contribution in [1.29, 1.82) is 0 Å². The van der Waals surface area contributed by atoms with Crippen molar-refractivity contribution in [3.63, 3.8) is 0 Å². The summed E-state index contributed by atoms with van der Waals surface area (Å²) >= 11 is 17.0. The Kier molecular flexibility index (Phi) is 24.3. The number of aliphatic carboxylic acids is 1. The Bertz CT molecular complexity index is 5240. The van der Waals surface area contributed by atoms with Gasteiger partial charge in [0.15, 0.2) is 0 Å². The Morgan fingerprint density at radius 2 is 0.764 bits per heavy atom. The number of benzene rings is 8. The molecule has 1 amide bonds. The molecule has 9 heterocycles. The summed E-state index contributed by atoms with van der Waals surface area (Å²) < 4.78 is 23.2. The number of imidazole rings is 4. The molecule has 1 saturated carbocycles. The molecule has 4 aromatic heterocycles. The van der Waals surface area contributed by atoms with Crippen LogP contribution in [0.4, 0.5) is 0 Å². The fraction of sp³-hybridized carbons (Fsp3) is 0.281. The lowest BCUT2D eigenvalue weighted by Gasteiger charge is -2.34. The summed E-state index contributed by atoms with van der Waals surface area (Å²) in [7, 11) is 0. The van der Waals surface area contributed by atoms with Crippen molar-refractivity contribution >= 4 is 103 Å². The fourth-order valence-corrected chi connectivity index (χ4v) is 17.2. The largest absolute Gasteiger partial charge is 0.481 e. The second-order valence-corrected chi connectivity index (χ2v) is 34.1. The molecule has 0 spiro atoms. The maximum absolute atomic E-state index is 13.3. The zero-order valence-electron chi connectivity index (χ0n) is 62.2. The zero-order valence-corrected chi connectivity index (χ0v) is 70.1. The summed E-state index contributed by atoms with van der Waals surface area (Å²) in [6.07, 6.45) is 25.4. The predicted molar refractivity (Wildman–Crippen MR) is 449 cm³/mol. The smallest absolute Gasteiger partial charge is 0.317 e. The van der Waals surface area contributed by atoms with Gasteiger partial charge in [-0.15, -0.1) is 0 Å². The third-order valence-corrected chi connectivity index (χ3v) is 23.0. The second kappa shape index (κ2) is 33.8. The van der Waals surface area contributed by atoms with E-state index in [2.05, 4.69) is 235 Å². The highest BCUT2D eigenvalue weighted by Gasteiger charge is 2.50. The van der Waals surface area contributed by atoms with Crippen LogP contribution in [-0.2, 0) is 45.3 Å². The molecule has 0 radical (unpaired) electrons. The van der Waals surface area contributed by atoms with E-state index in [0.29, 0.717) is 6.42 Å². The minimum Gasteiger partial charge on any atom is -0.481 e. The lowest BCUT2D eigenvalue weighted by Crippen LogP contribution is -2.40. The Morgan fingerprint density at radius 1 is 0.418 bits per heavy atom. The van der Waals surface area contributed by atoms with E-state index in [1.54, 1.807) is 12.4 Å². The van der Waals surface area contributed by atoms with Crippen LogP contribution >= 0.6 is 79.6 Å². The number of halogens is 5. The van der Waals surface area contributed by atoms with Crippen LogP contribution in [0.15, 0.2) is 262 Å². The molecule has 0 bridgehead atoms. The normalized spacial score (nSPS) is 18.1. The number of alkyl halides is 1.